The zero-order valence-corrected chi connectivity index (χ0v) is 22.8. The molecule has 4 aromatic heterocycles. The first-order valence-electron chi connectivity index (χ1n) is 12.5. The van der Waals surface area contributed by atoms with Gasteiger partial charge in [-0.3, -0.25) is 24.9 Å². The average molecular weight is 559 g/mol. The molecular formula is C27H26N8O2S2. The fourth-order valence-corrected chi connectivity index (χ4v) is 6.36. The first kappa shape index (κ1) is 26.5. The summed E-state index contributed by atoms with van der Waals surface area (Å²) < 4.78 is 0. The van der Waals surface area contributed by atoms with E-state index in [2.05, 4.69) is 46.9 Å². The van der Waals surface area contributed by atoms with Crippen LogP contribution in [-0.2, 0) is 16.0 Å². The molecule has 0 saturated heterocycles. The van der Waals surface area contributed by atoms with Gasteiger partial charge < -0.3 is 5.32 Å². The summed E-state index contributed by atoms with van der Waals surface area (Å²) in [6.45, 7) is 1.84. The van der Waals surface area contributed by atoms with Gasteiger partial charge in [-0.15, -0.1) is 26.8 Å². The fraction of sp³-hybridized carbons (Fsp3) is 0.333. The van der Waals surface area contributed by atoms with Crippen LogP contribution in [0.2, 0.25) is 0 Å². The lowest BCUT2D eigenvalue weighted by Crippen LogP contribution is -2.20. The third kappa shape index (κ3) is 6.50. The minimum Gasteiger partial charge on any atom is -0.300 e. The van der Waals surface area contributed by atoms with Crippen LogP contribution in [-0.4, -0.2) is 42.2 Å². The quantitative estimate of drug-likeness (QED) is 0.289. The summed E-state index contributed by atoms with van der Waals surface area (Å²) in [5.41, 5.74) is 1.50. The molecular weight excluding hydrogens is 532 g/mol. The molecule has 1 fully saturated rings. The summed E-state index contributed by atoms with van der Waals surface area (Å²) >= 11 is 2.79. The fourth-order valence-electron chi connectivity index (χ4n) is 4.61. The lowest BCUT2D eigenvalue weighted by molar-refractivity contribution is -0.117. The molecule has 198 valence electrons. The molecule has 0 unspecified atom stereocenters. The number of nitrogens with zero attached hydrogens (tertiary/aromatic N) is 6. The lowest BCUT2D eigenvalue weighted by Gasteiger charge is -2.10. The van der Waals surface area contributed by atoms with Crippen LogP contribution in [0, 0.1) is 18.3 Å². The smallest absolute Gasteiger partial charge is 0.245 e. The van der Waals surface area contributed by atoms with E-state index in [-0.39, 0.29) is 23.7 Å². The lowest BCUT2D eigenvalue weighted by atomic mass is 10.0. The van der Waals surface area contributed by atoms with Gasteiger partial charge in [0.05, 0.1) is 5.92 Å². The van der Waals surface area contributed by atoms with Crippen molar-refractivity contribution in [3.63, 3.8) is 0 Å². The molecule has 1 saturated carbocycles. The Morgan fingerprint density at radius 2 is 1.67 bits per heavy atom. The zero-order chi connectivity index (χ0) is 27.2. The van der Waals surface area contributed by atoms with Crippen LogP contribution in [0.25, 0.3) is 0 Å². The largest absolute Gasteiger partial charge is 0.300 e. The first-order chi connectivity index (χ1) is 19.0. The van der Waals surface area contributed by atoms with E-state index in [1.54, 1.807) is 36.9 Å². The van der Waals surface area contributed by atoms with Crippen molar-refractivity contribution in [3.8, 4) is 12.3 Å². The second-order valence-electron chi connectivity index (χ2n) is 9.40. The number of aromatic nitrogens is 6. The maximum Gasteiger partial charge on any atom is 0.245 e. The van der Waals surface area contributed by atoms with Gasteiger partial charge in [0.1, 0.15) is 15.9 Å². The molecule has 0 spiro atoms. The number of terminal acetylenes is 1. The summed E-state index contributed by atoms with van der Waals surface area (Å²) in [4.78, 5) is 33.5. The molecule has 4 atom stereocenters. The first-order valence-corrected chi connectivity index (χ1v) is 14.2. The summed E-state index contributed by atoms with van der Waals surface area (Å²) in [5.74, 6) is 1.68. The van der Waals surface area contributed by atoms with Crippen molar-refractivity contribution in [1.82, 2.24) is 30.4 Å². The monoisotopic (exact) mass is 558 g/mol. The number of carbonyl (C=O) groups excluding carboxylic acids is 2. The van der Waals surface area contributed by atoms with Gasteiger partial charge in [-0.25, -0.2) is 0 Å². The number of hydrogen-bond donors (Lipinski definition) is 2. The van der Waals surface area contributed by atoms with Gasteiger partial charge in [-0.1, -0.05) is 40.7 Å². The highest BCUT2D eigenvalue weighted by Crippen LogP contribution is 2.41. The van der Waals surface area contributed by atoms with Crippen LogP contribution >= 0.6 is 22.7 Å². The van der Waals surface area contributed by atoms with Crippen molar-refractivity contribution in [1.29, 1.82) is 0 Å². The Balaban J connectivity index is 1.12. The number of rotatable bonds is 9. The average Bonchev–Trinajstić information content (AvgIpc) is 3.72. The zero-order valence-electron chi connectivity index (χ0n) is 21.2. The molecule has 39 heavy (non-hydrogen) atoms. The van der Waals surface area contributed by atoms with Crippen molar-refractivity contribution in [2.24, 2.45) is 5.92 Å². The summed E-state index contributed by atoms with van der Waals surface area (Å²) in [5, 5.41) is 25.4. The van der Waals surface area contributed by atoms with Crippen LogP contribution < -0.4 is 10.6 Å². The third-order valence-electron chi connectivity index (χ3n) is 6.75. The summed E-state index contributed by atoms with van der Waals surface area (Å²) in [6.07, 6.45) is 15.9. The molecule has 2 N–H and O–H groups in total. The molecule has 0 aromatic carbocycles. The van der Waals surface area contributed by atoms with Crippen LogP contribution in [0.15, 0.2) is 49.1 Å². The van der Waals surface area contributed by atoms with E-state index >= 15 is 0 Å². The maximum absolute atomic E-state index is 12.7. The van der Waals surface area contributed by atoms with Crippen LogP contribution in [0.4, 0.5) is 10.3 Å². The van der Waals surface area contributed by atoms with Gasteiger partial charge in [0.25, 0.3) is 0 Å². The Morgan fingerprint density at radius 3 is 2.38 bits per heavy atom. The molecule has 2 amide bonds. The molecule has 0 radical (unpaired) electrons. The van der Waals surface area contributed by atoms with E-state index in [0.717, 1.165) is 41.3 Å². The van der Waals surface area contributed by atoms with Gasteiger partial charge in [-0.05, 0) is 55.4 Å². The van der Waals surface area contributed by atoms with Gasteiger partial charge in [0.15, 0.2) is 0 Å². The molecule has 1 aliphatic carbocycles. The number of carbonyl (C=O) groups is 2. The van der Waals surface area contributed by atoms with E-state index in [9.17, 15) is 9.59 Å². The number of hydrogen-bond acceptors (Lipinski definition) is 10. The minimum absolute atomic E-state index is 0.136. The Labute approximate surface area is 233 Å². The maximum atomic E-state index is 12.7. The standard InChI is InChI=1S/C27H26N8O2S2/c1-3-21(20-7-5-11-29-15-20)24(37)31-26-34-32-22(38-26)13-17-8-9-18(12-17)25-33-35-27(39-25)30-23(36)16(2)19-6-4-10-28-14-19/h1,4-7,10-11,14-18,21H,8-9,12-13H2,2H3,(H,30,35,36)(H,31,34,37)/t16-,17+,18-,21+/m1/s1. The molecule has 0 bridgehead atoms. The van der Waals surface area contributed by atoms with Gasteiger partial charge in [-0.2, -0.15) is 0 Å². The minimum atomic E-state index is -0.748. The Kier molecular flexibility index (Phi) is 8.29. The number of nitrogens with one attached hydrogen (secondary N) is 2. The highest BCUT2D eigenvalue weighted by molar-refractivity contribution is 7.15. The van der Waals surface area contributed by atoms with Crippen molar-refractivity contribution in [2.75, 3.05) is 10.6 Å². The predicted octanol–water partition coefficient (Wildman–Crippen LogP) is 4.40. The SMILES string of the molecule is C#C[C@H](C(=O)Nc1nnc(C[C@H]2CC[C@@H](c3nnc(NC(=O)[C@H](C)c4cccnc4)s3)C2)s1)c1cccnc1. The number of anilines is 2. The van der Waals surface area contributed by atoms with E-state index in [0.29, 0.717) is 21.7 Å². The van der Waals surface area contributed by atoms with Gasteiger partial charge in [0.2, 0.25) is 22.1 Å². The summed E-state index contributed by atoms with van der Waals surface area (Å²) in [7, 11) is 0. The van der Waals surface area contributed by atoms with E-state index in [1.807, 2.05) is 19.1 Å². The predicted molar refractivity (Wildman–Crippen MR) is 149 cm³/mol. The van der Waals surface area contributed by atoms with Gasteiger partial charge in [0, 0.05) is 37.1 Å². The van der Waals surface area contributed by atoms with E-state index < -0.39 is 5.92 Å². The van der Waals surface area contributed by atoms with E-state index in [1.165, 1.54) is 22.7 Å². The van der Waals surface area contributed by atoms with Crippen LogP contribution in [0.5, 0.6) is 0 Å². The van der Waals surface area contributed by atoms with Crippen LogP contribution in [0.1, 0.15) is 65.1 Å². The topological polar surface area (TPSA) is 136 Å². The highest BCUT2D eigenvalue weighted by Gasteiger charge is 2.30. The van der Waals surface area contributed by atoms with Crippen molar-refractivity contribution in [3.05, 3.63) is 70.2 Å². The number of pyridine rings is 2. The Bertz CT molecular complexity index is 1470. The van der Waals surface area contributed by atoms with E-state index in [4.69, 9.17) is 6.42 Å². The molecule has 4 heterocycles. The van der Waals surface area contributed by atoms with Crippen molar-refractivity contribution >= 4 is 44.8 Å². The normalized spacial score (nSPS) is 18.2. The molecule has 5 rings (SSSR count). The molecule has 4 aromatic rings. The molecule has 12 heteroatoms. The summed E-state index contributed by atoms with van der Waals surface area (Å²) in [6, 6.07) is 7.22. The Hall–Kier alpha value is -4.08. The second kappa shape index (κ2) is 12.2. The molecule has 10 nitrogen and oxygen atoms in total. The second-order valence-corrected chi connectivity index (χ2v) is 11.5. The molecule has 1 aliphatic rings. The highest BCUT2D eigenvalue weighted by atomic mass is 32.1. The third-order valence-corrected chi connectivity index (χ3v) is 8.61. The van der Waals surface area contributed by atoms with Crippen LogP contribution in [0.3, 0.4) is 0 Å². The van der Waals surface area contributed by atoms with Crippen molar-refractivity contribution in [2.45, 2.75) is 50.4 Å². The van der Waals surface area contributed by atoms with Gasteiger partial charge >= 0.3 is 0 Å². The van der Waals surface area contributed by atoms with Crippen molar-refractivity contribution < 1.29 is 9.59 Å². The Morgan fingerprint density at radius 1 is 0.974 bits per heavy atom. The molecule has 0 aliphatic heterocycles. The number of amides is 2.